The predicted molar refractivity (Wildman–Crippen MR) is 70.0 cm³/mol. The number of hydrogen-bond acceptors (Lipinski definition) is 4. The highest BCUT2D eigenvalue weighted by molar-refractivity contribution is 5.96. The van der Waals surface area contributed by atoms with Crippen molar-refractivity contribution in [3.63, 3.8) is 0 Å². The number of aliphatic carboxylic acids is 1. The van der Waals surface area contributed by atoms with Crippen LogP contribution in [0.1, 0.15) is 26.0 Å². The average Bonchev–Trinajstić information content (AvgIpc) is 2.80. The molecule has 7 nitrogen and oxygen atoms in total. The monoisotopic (exact) mass is 282 g/mol. The van der Waals surface area contributed by atoms with Crippen molar-refractivity contribution < 1.29 is 23.9 Å². The van der Waals surface area contributed by atoms with Gasteiger partial charge < -0.3 is 14.8 Å². The van der Waals surface area contributed by atoms with Crippen LogP contribution in [0.5, 0.6) is 0 Å². The Morgan fingerprint density at radius 2 is 2.05 bits per heavy atom. The first-order chi connectivity index (χ1) is 9.31. The van der Waals surface area contributed by atoms with E-state index < -0.39 is 23.3 Å². The lowest BCUT2D eigenvalue weighted by molar-refractivity contribution is -0.149. The second-order valence-electron chi connectivity index (χ2n) is 5.00. The lowest BCUT2D eigenvalue weighted by atomic mass is 9.89. The molecule has 20 heavy (non-hydrogen) atoms. The van der Waals surface area contributed by atoms with Gasteiger partial charge in [0.05, 0.1) is 11.7 Å². The van der Waals surface area contributed by atoms with E-state index in [1.807, 2.05) is 0 Å². The third kappa shape index (κ3) is 5.13. The largest absolute Gasteiger partial charge is 0.481 e. The van der Waals surface area contributed by atoms with E-state index in [0.717, 1.165) is 5.76 Å². The first-order valence-corrected chi connectivity index (χ1v) is 6.15. The molecule has 0 saturated carbocycles. The summed E-state index contributed by atoms with van der Waals surface area (Å²) in [6, 6.07) is 2.87. The molecule has 3 N–H and O–H groups in total. The van der Waals surface area contributed by atoms with E-state index >= 15 is 0 Å². The zero-order valence-corrected chi connectivity index (χ0v) is 11.4. The number of nitrogens with one attached hydrogen (secondary N) is 2. The minimum absolute atomic E-state index is 0.270. The quantitative estimate of drug-likeness (QED) is 0.725. The molecule has 1 rings (SSSR count). The lowest BCUT2D eigenvalue weighted by Crippen LogP contribution is -2.42. The van der Waals surface area contributed by atoms with Crippen LogP contribution in [-0.2, 0) is 16.0 Å². The van der Waals surface area contributed by atoms with Crippen LogP contribution >= 0.6 is 0 Å². The van der Waals surface area contributed by atoms with Gasteiger partial charge in [-0.3, -0.25) is 14.9 Å². The van der Waals surface area contributed by atoms with Gasteiger partial charge >= 0.3 is 12.0 Å². The maximum Gasteiger partial charge on any atom is 0.321 e. The molecule has 0 aromatic carbocycles. The zero-order chi connectivity index (χ0) is 15.2. The van der Waals surface area contributed by atoms with Gasteiger partial charge in [0.25, 0.3) is 0 Å². The second-order valence-corrected chi connectivity index (χ2v) is 5.00. The maximum absolute atomic E-state index is 11.5. The summed E-state index contributed by atoms with van der Waals surface area (Å²) >= 11 is 0. The summed E-state index contributed by atoms with van der Waals surface area (Å²) in [7, 11) is 0. The Bertz CT molecular complexity index is 479. The highest BCUT2D eigenvalue weighted by Gasteiger charge is 2.30. The van der Waals surface area contributed by atoms with E-state index in [0.29, 0.717) is 13.0 Å². The Morgan fingerprint density at radius 1 is 1.35 bits per heavy atom. The Balaban J connectivity index is 2.28. The first-order valence-electron chi connectivity index (χ1n) is 6.15. The number of furan rings is 1. The lowest BCUT2D eigenvalue weighted by Gasteiger charge is -2.17. The van der Waals surface area contributed by atoms with Crippen LogP contribution in [0.3, 0.4) is 0 Å². The summed E-state index contributed by atoms with van der Waals surface area (Å²) in [4.78, 5) is 33.8. The van der Waals surface area contributed by atoms with Crippen LogP contribution in [0.15, 0.2) is 22.8 Å². The second kappa shape index (κ2) is 6.74. The van der Waals surface area contributed by atoms with Gasteiger partial charge in [0.1, 0.15) is 5.76 Å². The SMILES string of the molecule is CC(C)(CC(=O)NC(=O)NCCc1ccco1)C(=O)O. The van der Waals surface area contributed by atoms with E-state index in [1.54, 1.807) is 12.1 Å². The Kier molecular flexibility index (Phi) is 5.31. The Morgan fingerprint density at radius 3 is 2.60 bits per heavy atom. The van der Waals surface area contributed by atoms with Gasteiger partial charge in [-0.05, 0) is 26.0 Å². The molecule has 1 aromatic heterocycles. The molecular weight excluding hydrogens is 264 g/mol. The van der Waals surface area contributed by atoms with Crippen molar-refractivity contribution in [3.05, 3.63) is 24.2 Å². The summed E-state index contributed by atoms with van der Waals surface area (Å²) in [6.45, 7) is 3.16. The number of amides is 3. The number of hydrogen-bond donors (Lipinski definition) is 3. The molecule has 110 valence electrons. The number of carbonyl (C=O) groups is 3. The van der Waals surface area contributed by atoms with E-state index in [2.05, 4.69) is 10.6 Å². The molecule has 0 saturated heterocycles. The fourth-order valence-electron chi connectivity index (χ4n) is 1.45. The number of imide groups is 1. The molecule has 0 aliphatic rings. The molecule has 0 atom stereocenters. The third-order valence-corrected chi connectivity index (χ3v) is 2.67. The maximum atomic E-state index is 11.5. The summed E-state index contributed by atoms with van der Waals surface area (Å²) in [5, 5.41) is 13.5. The highest BCUT2D eigenvalue weighted by atomic mass is 16.4. The van der Waals surface area contributed by atoms with Crippen molar-refractivity contribution in [1.82, 2.24) is 10.6 Å². The summed E-state index contributed by atoms with van der Waals surface area (Å²) in [5.74, 6) is -0.998. The van der Waals surface area contributed by atoms with Crippen LogP contribution in [0.25, 0.3) is 0 Å². The van der Waals surface area contributed by atoms with Gasteiger partial charge in [-0.2, -0.15) is 0 Å². The van der Waals surface area contributed by atoms with Gasteiger partial charge in [-0.1, -0.05) is 0 Å². The van der Waals surface area contributed by atoms with Gasteiger partial charge in [0.2, 0.25) is 5.91 Å². The molecule has 3 amide bonds. The summed E-state index contributed by atoms with van der Waals surface area (Å²) in [5.41, 5.74) is -1.21. The topological polar surface area (TPSA) is 109 Å². The van der Waals surface area contributed by atoms with Gasteiger partial charge in [0, 0.05) is 19.4 Å². The number of carbonyl (C=O) groups excluding carboxylic acids is 2. The molecule has 0 bridgehead atoms. The van der Waals surface area contributed by atoms with Crippen LogP contribution in [-0.4, -0.2) is 29.6 Å². The average molecular weight is 282 g/mol. The number of rotatable bonds is 6. The normalized spacial score (nSPS) is 10.9. The van der Waals surface area contributed by atoms with Crippen LogP contribution in [0.4, 0.5) is 4.79 Å². The van der Waals surface area contributed by atoms with Crippen molar-refractivity contribution in [2.45, 2.75) is 26.7 Å². The van der Waals surface area contributed by atoms with Crippen molar-refractivity contribution in [1.29, 1.82) is 0 Å². The smallest absolute Gasteiger partial charge is 0.321 e. The van der Waals surface area contributed by atoms with Crippen molar-refractivity contribution >= 4 is 17.9 Å². The first kappa shape index (κ1) is 15.7. The van der Waals surface area contributed by atoms with Crippen LogP contribution in [0.2, 0.25) is 0 Å². The van der Waals surface area contributed by atoms with E-state index in [1.165, 1.54) is 20.1 Å². The Hall–Kier alpha value is -2.31. The molecule has 0 aliphatic heterocycles. The van der Waals surface area contributed by atoms with Crippen molar-refractivity contribution in [3.8, 4) is 0 Å². The minimum atomic E-state index is -1.21. The fourth-order valence-corrected chi connectivity index (χ4v) is 1.45. The van der Waals surface area contributed by atoms with Crippen LogP contribution in [0, 0.1) is 5.41 Å². The van der Waals surface area contributed by atoms with Gasteiger partial charge in [-0.25, -0.2) is 4.79 Å². The van der Waals surface area contributed by atoms with Gasteiger partial charge in [-0.15, -0.1) is 0 Å². The van der Waals surface area contributed by atoms with Crippen molar-refractivity contribution in [2.24, 2.45) is 5.41 Å². The third-order valence-electron chi connectivity index (χ3n) is 2.67. The minimum Gasteiger partial charge on any atom is -0.481 e. The summed E-state index contributed by atoms with van der Waals surface area (Å²) < 4.78 is 5.08. The summed E-state index contributed by atoms with van der Waals surface area (Å²) in [6.07, 6.45) is 1.77. The Labute approximate surface area is 116 Å². The number of carboxylic acid groups (broad SMARTS) is 1. The van der Waals surface area contributed by atoms with E-state index in [-0.39, 0.29) is 6.42 Å². The molecular formula is C13H18N2O5. The van der Waals surface area contributed by atoms with Crippen LogP contribution < -0.4 is 10.6 Å². The van der Waals surface area contributed by atoms with Crippen molar-refractivity contribution in [2.75, 3.05) is 6.54 Å². The molecule has 0 fully saturated rings. The van der Waals surface area contributed by atoms with Gasteiger partial charge in [0.15, 0.2) is 0 Å². The fraction of sp³-hybridized carbons (Fsp3) is 0.462. The highest BCUT2D eigenvalue weighted by Crippen LogP contribution is 2.19. The molecule has 0 radical (unpaired) electrons. The molecule has 0 unspecified atom stereocenters. The molecule has 0 aliphatic carbocycles. The molecule has 1 heterocycles. The number of urea groups is 1. The predicted octanol–water partition coefficient (Wildman–Crippen LogP) is 1.15. The van der Waals surface area contributed by atoms with E-state index in [9.17, 15) is 14.4 Å². The number of carboxylic acids is 1. The molecule has 1 aromatic rings. The van der Waals surface area contributed by atoms with E-state index in [4.69, 9.17) is 9.52 Å². The zero-order valence-electron chi connectivity index (χ0n) is 11.4. The molecule has 7 heteroatoms. The molecule has 0 spiro atoms. The standard InChI is InChI=1S/C13H18N2O5/c1-13(2,11(17)18)8-10(16)15-12(19)14-6-5-9-4-3-7-20-9/h3-4,7H,5-6,8H2,1-2H3,(H,17,18)(H2,14,15,16,19).